The molecule has 100 valence electrons. The number of hydrogen-bond acceptors (Lipinski definition) is 2. The quantitative estimate of drug-likeness (QED) is 0.888. The van der Waals surface area contributed by atoms with E-state index in [2.05, 4.69) is 5.32 Å². The molecule has 1 heterocycles. The van der Waals surface area contributed by atoms with Crippen molar-refractivity contribution in [1.29, 1.82) is 0 Å². The van der Waals surface area contributed by atoms with Crippen LogP contribution in [0, 0.1) is 5.82 Å². The van der Waals surface area contributed by atoms with Crippen molar-refractivity contribution in [3.63, 3.8) is 0 Å². The van der Waals surface area contributed by atoms with Crippen molar-refractivity contribution in [1.82, 2.24) is 5.32 Å². The molecule has 0 amide bonds. The van der Waals surface area contributed by atoms with Gasteiger partial charge in [0, 0.05) is 12.6 Å². The van der Waals surface area contributed by atoms with Gasteiger partial charge in [0.1, 0.15) is 5.82 Å². The molecule has 1 saturated heterocycles. The molecule has 2 unspecified atom stereocenters. The van der Waals surface area contributed by atoms with Gasteiger partial charge in [-0.2, -0.15) is 0 Å². The third-order valence-corrected chi connectivity index (χ3v) is 3.77. The Morgan fingerprint density at radius 3 is 3.06 bits per heavy atom. The lowest BCUT2D eigenvalue weighted by atomic mass is 9.99. The molecule has 1 fully saturated rings. The van der Waals surface area contributed by atoms with E-state index in [0.717, 1.165) is 25.9 Å². The van der Waals surface area contributed by atoms with E-state index in [9.17, 15) is 4.39 Å². The molecule has 2 atom stereocenters. The van der Waals surface area contributed by atoms with Gasteiger partial charge in [-0.3, -0.25) is 0 Å². The smallest absolute Gasteiger partial charge is 0.145 e. The molecule has 0 saturated carbocycles. The Labute approximate surface area is 112 Å². The Bertz CT molecular complexity index is 393. The number of rotatable bonds is 5. The van der Waals surface area contributed by atoms with Crippen LogP contribution in [0.15, 0.2) is 18.2 Å². The number of halogens is 2. The highest BCUT2D eigenvalue weighted by molar-refractivity contribution is 6.30. The molecule has 18 heavy (non-hydrogen) atoms. The third-order valence-electron chi connectivity index (χ3n) is 3.48. The molecular formula is C14H19ClFNO. The summed E-state index contributed by atoms with van der Waals surface area (Å²) in [6, 6.07) is 5.39. The second-order valence-corrected chi connectivity index (χ2v) is 5.18. The monoisotopic (exact) mass is 271 g/mol. The molecule has 1 aromatic rings. The fourth-order valence-corrected chi connectivity index (χ4v) is 2.62. The molecular weight excluding hydrogens is 253 g/mol. The van der Waals surface area contributed by atoms with Crippen molar-refractivity contribution in [2.45, 2.75) is 37.8 Å². The van der Waals surface area contributed by atoms with Crippen LogP contribution in [-0.2, 0) is 11.2 Å². The zero-order chi connectivity index (χ0) is 13.0. The standard InChI is InChI=1S/C14H19ClFNO/c1-17-11(9-12-5-3-7-18-12)8-10-4-2-6-13(15)14(10)16/h2,4,6,11-12,17H,3,5,7-9H2,1H3. The predicted molar refractivity (Wildman–Crippen MR) is 71.6 cm³/mol. The minimum atomic E-state index is -0.299. The average molecular weight is 272 g/mol. The summed E-state index contributed by atoms with van der Waals surface area (Å²) >= 11 is 5.79. The summed E-state index contributed by atoms with van der Waals surface area (Å²) in [4.78, 5) is 0. The van der Waals surface area contributed by atoms with Crippen LogP contribution in [-0.4, -0.2) is 25.8 Å². The summed E-state index contributed by atoms with van der Waals surface area (Å²) in [5.41, 5.74) is 0.667. The maximum Gasteiger partial charge on any atom is 0.145 e. The van der Waals surface area contributed by atoms with Gasteiger partial charge >= 0.3 is 0 Å². The summed E-state index contributed by atoms with van der Waals surface area (Å²) in [6.45, 7) is 0.854. The molecule has 1 aromatic carbocycles. The van der Waals surface area contributed by atoms with Crippen LogP contribution in [0.2, 0.25) is 5.02 Å². The first-order chi connectivity index (χ1) is 8.70. The van der Waals surface area contributed by atoms with Crippen molar-refractivity contribution in [2.75, 3.05) is 13.7 Å². The maximum atomic E-state index is 13.8. The second kappa shape index (κ2) is 6.50. The molecule has 2 rings (SSSR count). The lowest BCUT2D eigenvalue weighted by Crippen LogP contribution is -2.32. The van der Waals surface area contributed by atoms with Gasteiger partial charge in [-0.05, 0) is 44.4 Å². The van der Waals surface area contributed by atoms with Crippen LogP contribution < -0.4 is 5.32 Å². The first-order valence-corrected chi connectivity index (χ1v) is 6.80. The fraction of sp³-hybridized carbons (Fsp3) is 0.571. The Kier molecular flexibility index (Phi) is 4.98. The van der Waals surface area contributed by atoms with Crippen molar-refractivity contribution in [3.05, 3.63) is 34.6 Å². The zero-order valence-corrected chi connectivity index (χ0v) is 11.3. The van der Waals surface area contributed by atoms with Crippen LogP contribution in [0.5, 0.6) is 0 Å². The Balaban J connectivity index is 1.98. The molecule has 4 heteroatoms. The molecule has 0 aliphatic carbocycles. The minimum Gasteiger partial charge on any atom is -0.378 e. The summed E-state index contributed by atoms with van der Waals surface area (Å²) in [7, 11) is 1.90. The van der Waals surface area contributed by atoms with Gasteiger partial charge in [0.2, 0.25) is 0 Å². The highest BCUT2D eigenvalue weighted by Gasteiger charge is 2.21. The lowest BCUT2D eigenvalue weighted by Gasteiger charge is -2.20. The van der Waals surface area contributed by atoms with Crippen LogP contribution in [0.1, 0.15) is 24.8 Å². The molecule has 0 bridgehead atoms. The van der Waals surface area contributed by atoms with Crippen LogP contribution in [0.4, 0.5) is 4.39 Å². The number of nitrogens with one attached hydrogen (secondary N) is 1. The fourth-order valence-electron chi connectivity index (χ4n) is 2.42. The second-order valence-electron chi connectivity index (χ2n) is 4.77. The Morgan fingerprint density at radius 1 is 1.56 bits per heavy atom. The number of ether oxygens (including phenoxy) is 1. The minimum absolute atomic E-state index is 0.194. The molecule has 0 aromatic heterocycles. The van der Waals surface area contributed by atoms with Gasteiger partial charge in [-0.25, -0.2) is 4.39 Å². The van der Waals surface area contributed by atoms with Crippen LogP contribution in [0.25, 0.3) is 0 Å². The van der Waals surface area contributed by atoms with Gasteiger partial charge in [0.15, 0.2) is 0 Å². The summed E-state index contributed by atoms with van der Waals surface area (Å²) in [6.07, 6.45) is 4.11. The molecule has 1 aliphatic rings. The molecule has 1 aliphatic heterocycles. The molecule has 2 nitrogen and oxygen atoms in total. The summed E-state index contributed by atoms with van der Waals surface area (Å²) in [5, 5.41) is 3.43. The van der Waals surface area contributed by atoms with Gasteiger partial charge in [-0.1, -0.05) is 23.7 Å². The summed E-state index contributed by atoms with van der Waals surface area (Å²) < 4.78 is 19.4. The van der Waals surface area contributed by atoms with E-state index in [1.807, 2.05) is 7.05 Å². The Morgan fingerprint density at radius 2 is 2.39 bits per heavy atom. The number of hydrogen-bond donors (Lipinski definition) is 1. The van der Waals surface area contributed by atoms with E-state index in [4.69, 9.17) is 16.3 Å². The van der Waals surface area contributed by atoms with Crippen molar-refractivity contribution in [2.24, 2.45) is 0 Å². The van der Waals surface area contributed by atoms with Gasteiger partial charge in [0.25, 0.3) is 0 Å². The average Bonchev–Trinajstić information content (AvgIpc) is 2.86. The lowest BCUT2D eigenvalue weighted by molar-refractivity contribution is 0.0953. The molecule has 0 spiro atoms. The van der Waals surface area contributed by atoms with E-state index in [1.54, 1.807) is 18.2 Å². The maximum absolute atomic E-state index is 13.8. The van der Waals surface area contributed by atoms with E-state index < -0.39 is 0 Å². The van der Waals surface area contributed by atoms with Crippen LogP contribution >= 0.6 is 11.6 Å². The third kappa shape index (κ3) is 3.44. The predicted octanol–water partition coefficient (Wildman–Crippen LogP) is 3.18. The van der Waals surface area contributed by atoms with E-state index in [1.165, 1.54) is 0 Å². The van der Waals surface area contributed by atoms with Gasteiger partial charge in [-0.15, -0.1) is 0 Å². The van der Waals surface area contributed by atoms with Crippen molar-refractivity contribution >= 4 is 11.6 Å². The first-order valence-electron chi connectivity index (χ1n) is 6.42. The highest BCUT2D eigenvalue weighted by Crippen LogP contribution is 2.22. The topological polar surface area (TPSA) is 21.3 Å². The van der Waals surface area contributed by atoms with E-state index >= 15 is 0 Å². The first kappa shape index (κ1) is 13.8. The normalized spacial score (nSPS) is 21.2. The van der Waals surface area contributed by atoms with Gasteiger partial charge < -0.3 is 10.1 Å². The van der Waals surface area contributed by atoms with E-state index in [-0.39, 0.29) is 16.9 Å². The van der Waals surface area contributed by atoms with E-state index in [0.29, 0.717) is 18.1 Å². The number of likely N-dealkylation sites (N-methyl/N-ethyl adjacent to an activating group) is 1. The van der Waals surface area contributed by atoms with Crippen LogP contribution in [0.3, 0.4) is 0 Å². The van der Waals surface area contributed by atoms with Crippen molar-refractivity contribution < 1.29 is 9.13 Å². The summed E-state index contributed by atoms with van der Waals surface area (Å²) in [5.74, 6) is -0.299. The van der Waals surface area contributed by atoms with Crippen molar-refractivity contribution in [3.8, 4) is 0 Å². The largest absolute Gasteiger partial charge is 0.378 e. The molecule has 0 radical (unpaired) electrons. The van der Waals surface area contributed by atoms with Gasteiger partial charge in [0.05, 0.1) is 11.1 Å². The number of benzene rings is 1. The SMILES string of the molecule is CNC(Cc1cccc(Cl)c1F)CC1CCCO1. The zero-order valence-electron chi connectivity index (χ0n) is 10.6. The highest BCUT2D eigenvalue weighted by atomic mass is 35.5. The molecule has 1 N–H and O–H groups in total. The Hall–Kier alpha value is -0.640.